The van der Waals surface area contributed by atoms with Crippen LogP contribution in [0.15, 0.2) is 48.5 Å². The first-order valence-electron chi connectivity index (χ1n) is 5.93. The number of carbonyl (C=O) groups is 1. The van der Waals surface area contributed by atoms with Gasteiger partial charge in [-0.05, 0) is 11.6 Å². The molecule has 1 N–H and O–H groups in total. The van der Waals surface area contributed by atoms with Crippen molar-refractivity contribution in [3.8, 4) is 0 Å². The van der Waals surface area contributed by atoms with Crippen molar-refractivity contribution >= 4 is 28.9 Å². The summed E-state index contributed by atoms with van der Waals surface area (Å²) in [6.07, 6.45) is 0. The number of amides is 1. The molecular weight excluding hydrogens is 299 g/mol. The van der Waals surface area contributed by atoms with Gasteiger partial charge in [0.25, 0.3) is 5.69 Å². The van der Waals surface area contributed by atoms with Gasteiger partial charge in [0.15, 0.2) is 0 Å². The smallest absolute Gasteiger partial charge is 0.271 e. The minimum atomic E-state index is -1.02. The summed E-state index contributed by atoms with van der Waals surface area (Å²) in [6.45, 7) is 0. The highest BCUT2D eigenvalue weighted by Crippen LogP contribution is 2.25. The number of hydrogen-bond donors (Lipinski definition) is 1. The lowest BCUT2D eigenvalue weighted by Gasteiger charge is -2.11. The summed E-state index contributed by atoms with van der Waals surface area (Å²) in [5.41, 5.74) is -0.0594. The number of non-ortho nitro benzene ring substituents is 1. The van der Waals surface area contributed by atoms with Gasteiger partial charge in [-0.2, -0.15) is 0 Å². The zero-order valence-corrected chi connectivity index (χ0v) is 11.4. The van der Waals surface area contributed by atoms with Gasteiger partial charge in [-0.3, -0.25) is 14.9 Å². The molecule has 0 saturated carbocycles. The normalized spacial score (nSPS) is 11.7. The van der Waals surface area contributed by atoms with Crippen molar-refractivity contribution in [2.75, 3.05) is 5.32 Å². The molecule has 0 aromatic heterocycles. The first kappa shape index (κ1) is 14.9. The number of rotatable bonds is 4. The Kier molecular flexibility index (Phi) is 4.49. The fourth-order valence-corrected chi connectivity index (χ4v) is 1.89. The summed E-state index contributed by atoms with van der Waals surface area (Å²) >= 11 is 5.99. The molecule has 108 valence electrons. The van der Waals surface area contributed by atoms with E-state index >= 15 is 0 Å². The van der Waals surface area contributed by atoms with E-state index in [9.17, 15) is 19.3 Å². The number of halogens is 2. The molecule has 0 spiro atoms. The fraction of sp³-hybridized carbons (Fsp3) is 0.0714. The second kappa shape index (κ2) is 6.32. The van der Waals surface area contributed by atoms with E-state index in [4.69, 9.17) is 11.6 Å². The molecule has 1 unspecified atom stereocenters. The molecule has 2 aromatic carbocycles. The van der Waals surface area contributed by atoms with Crippen molar-refractivity contribution in [3.63, 3.8) is 0 Å². The molecule has 1 amide bonds. The lowest BCUT2D eigenvalue weighted by molar-refractivity contribution is -0.384. The van der Waals surface area contributed by atoms with Crippen molar-refractivity contribution in [2.24, 2.45) is 0 Å². The molecular formula is C14H10ClFN2O3. The third-order valence-electron chi connectivity index (χ3n) is 2.74. The van der Waals surface area contributed by atoms with Gasteiger partial charge in [0.1, 0.15) is 11.2 Å². The summed E-state index contributed by atoms with van der Waals surface area (Å²) in [5.74, 6) is -1.44. The van der Waals surface area contributed by atoms with Crippen LogP contribution in [-0.4, -0.2) is 10.8 Å². The molecule has 1 atom stereocenters. The lowest BCUT2D eigenvalue weighted by Crippen LogP contribution is -2.18. The van der Waals surface area contributed by atoms with Crippen LogP contribution in [0.5, 0.6) is 0 Å². The largest absolute Gasteiger partial charge is 0.322 e. The molecule has 0 aliphatic heterocycles. The summed E-state index contributed by atoms with van der Waals surface area (Å²) < 4.78 is 13.6. The molecule has 2 aromatic rings. The Morgan fingerprint density at radius 1 is 1.24 bits per heavy atom. The molecule has 0 heterocycles. The fourth-order valence-electron chi connectivity index (χ4n) is 1.69. The average Bonchev–Trinajstić information content (AvgIpc) is 2.49. The number of benzene rings is 2. The van der Waals surface area contributed by atoms with Crippen LogP contribution in [0, 0.1) is 15.9 Å². The molecule has 0 radical (unpaired) electrons. The average molecular weight is 309 g/mol. The number of alkyl halides is 1. The number of hydrogen-bond acceptors (Lipinski definition) is 3. The number of anilines is 1. The Morgan fingerprint density at radius 3 is 2.52 bits per heavy atom. The number of nitrogens with one attached hydrogen (secondary N) is 1. The number of nitrogens with zero attached hydrogens (tertiary/aromatic N) is 1. The van der Waals surface area contributed by atoms with Gasteiger partial charge in [-0.1, -0.05) is 30.3 Å². The third kappa shape index (κ3) is 3.55. The van der Waals surface area contributed by atoms with Crippen LogP contribution in [0.1, 0.15) is 10.9 Å². The van der Waals surface area contributed by atoms with E-state index in [1.165, 1.54) is 0 Å². The van der Waals surface area contributed by atoms with Crippen molar-refractivity contribution in [3.05, 3.63) is 70.0 Å². The van der Waals surface area contributed by atoms with E-state index in [0.717, 1.165) is 18.2 Å². The van der Waals surface area contributed by atoms with E-state index in [1.54, 1.807) is 30.3 Å². The maximum atomic E-state index is 13.6. The third-order valence-corrected chi connectivity index (χ3v) is 3.19. The number of nitro groups is 1. The second-order valence-electron chi connectivity index (χ2n) is 4.18. The molecule has 0 aliphatic rings. The molecule has 7 heteroatoms. The predicted molar refractivity (Wildman–Crippen MR) is 76.7 cm³/mol. The van der Waals surface area contributed by atoms with E-state index in [-0.39, 0.29) is 11.4 Å². The highest BCUT2D eigenvalue weighted by atomic mass is 35.5. The summed E-state index contributed by atoms with van der Waals surface area (Å²) in [5, 5.41) is 11.9. The van der Waals surface area contributed by atoms with Crippen molar-refractivity contribution in [2.45, 2.75) is 5.38 Å². The quantitative estimate of drug-likeness (QED) is 0.532. The maximum Gasteiger partial charge on any atom is 0.271 e. The van der Waals surface area contributed by atoms with Gasteiger partial charge in [-0.25, -0.2) is 4.39 Å². The van der Waals surface area contributed by atoms with Crippen LogP contribution in [-0.2, 0) is 4.79 Å². The minimum absolute atomic E-state index is 0.282. The van der Waals surface area contributed by atoms with Gasteiger partial charge < -0.3 is 5.32 Å². The van der Waals surface area contributed by atoms with E-state index in [1.807, 2.05) is 0 Å². The SMILES string of the molecule is O=C(Nc1cc([N+](=O)[O-])ccc1F)C(Cl)c1ccccc1. The first-order chi connectivity index (χ1) is 9.99. The zero-order valence-electron chi connectivity index (χ0n) is 10.6. The Morgan fingerprint density at radius 2 is 1.90 bits per heavy atom. The van der Waals surface area contributed by atoms with Crippen LogP contribution in [0.2, 0.25) is 0 Å². The minimum Gasteiger partial charge on any atom is -0.322 e. The molecule has 21 heavy (non-hydrogen) atoms. The van der Waals surface area contributed by atoms with Crippen molar-refractivity contribution < 1.29 is 14.1 Å². The molecule has 0 fully saturated rings. The van der Waals surface area contributed by atoms with Crippen LogP contribution >= 0.6 is 11.6 Å². The standard InChI is InChI=1S/C14H10ClFN2O3/c15-13(9-4-2-1-3-5-9)14(19)17-12-8-10(18(20)21)6-7-11(12)16/h1-8,13H,(H,17,19). The molecule has 0 bridgehead atoms. The lowest BCUT2D eigenvalue weighted by atomic mass is 10.1. The molecule has 5 nitrogen and oxygen atoms in total. The molecule has 2 rings (SSSR count). The Bertz CT molecular complexity index is 679. The van der Waals surface area contributed by atoms with E-state index < -0.39 is 22.0 Å². The summed E-state index contributed by atoms with van der Waals surface area (Å²) in [6, 6.07) is 11.4. The van der Waals surface area contributed by atoms with Crippen molar-refractivity contribution in [1.29, 1.82) is 0 Å². The number of carbonyl (C=O) groups excluding carboxylic acids is 1. The number of nitro benzene ring substituents is 1. The first-order valence-corrected chi connectivity index (χ1v) is 6.36. The van der Waals surface area contributed by atoms with Gasteiger partial charge in [-0.15, -0.1) is 11.6 Å². The topological polar surface area (TPSA) is 72.2 Å². The Labute approximate surface area is 124 Å². The summed E-state index contributed by atoms with van der Waals surface area (Å²) in [7, 11) is 0. The zero-order chi connectivity index (χ0) is 15.4. The van der Waals surface area contributed by atoms with Crippen LogP contribution in [0.4, 0.5) is 15.8 Å². The second-order valence-corrected chi connectivity index (χ2v) is 4.62. The van der Waals surface area contributed by atoms with Crippen LogP contribution < -0.4 is 5.32 Å². The van der Waals surface area contributed by atoms with Crippen molar-refractivity contribution in [1.82, 2.24) is 0 Å². The van der Waals surface area contributed by atoms with Crippen LogP contribution in [0.3, 0.4) is 0 Å². The van der Waals surface area contributed by atoms with Gasteiger partial charge in [0.2, 0.25) is 5.91 Å². The highest BCUT2D eigenvalue weighted by Gasteiger charge is 2.20. The monoisotopic (exact) mass is 308 g/mol. The van der Waals surface area contributed by atoms with Gasteiger partial charge in [0, 0.05) is 12.1 Å². The Balaban J connectivity index is 2.20. The maximum absolute atomic E-state index is 13.6. The van der Waals surface area contributed by atoms with Gasteiger partial charge in [0.05, 0.1) is 10.6 Å². The van der Waals surface area contributed by atoms with E-state index in [0.29, 0.717) is 5.56 Å². The molecule has 0 saturated heterocycles. The molecule has 0 aliphatic carbocycles. The highest BCUT2D eigenvalue weighted by molar-refractivity contribution is 6.32. The van der Waals surface area contributed by atoms with Gasteiger partial charge >= 0.3 is 0 Å². The Hall–Kier alpha value is -2.47. The summed E-state index contributed by atoms with van der Waals surface area (Å²) in [4.78, 5) is 21.9. The predicted octanol–water partition coefficient (Wildman–Crippen LogP) is 3.65. The van der Waals surface area contributed by atoms with Crippen LogP contribution in [0.25, 0.3) is 0 Å². The van der Waals surface area contributed by atoms with E-state index in [2.05, 4.69) is 5.32 Å².